The molecule has 2 heterocycles. The molecule has 0 aromatic carbocycles. The van der Waals surface area contributed by atoms with Crippen LogP contribution in [0.4, 0.5) is 0 Å². The van der Waals surface area contributed by atoms with Crippen molar-refractivity contribution in [3.05, 3.63) is 18.4 Å². The molecular weight excluding hydrogens is 208 g/mol. The molecular formula is C7H11BrN2O. The van der Waals surface area contributed by atoms with Crippen molar-refractivity contribution < 1.29 is 4.42 Å². The van der Waals surface area contributed by atoms with E-state index in [1.807, 2.05) is 0 Å². The second kappa shape index (κ2) is 3.88. The molecule has 0 aliphatic carbocycles. The summed E-state index contributed by atoms with van der Waals surface area (Å²) in [7, 11) is 0. The van der Waals surface area contributed by atoms with Gasteiger partial charge in [-0.3, -0.25) is 0 Å². The SMILES string of the molecule is Br.c1coc(C2CCCN2)n1. The molecule has 1 atom stereocenters. The Labute approximate surface area is 76.0 Å². The van der Waals surface area contributed by atoms with Gasteiger partial charge in [-0.15, -0.1) is 17.0 Å². The molecule has 0 amide bonds. The van der Waals surface area contributed by atoms with Gasteiger partial charge in [-0.25, -0.2) is 4.98 Å². The maximum absolute atomic E-state index is 5.14. The fraction of sp³-hybridized carbons (Fsp3) is 0.571. The quantitative estimate of drug-likeness (QED) is 0.780. The molecule has 1 N–H and O–H groups in total. The summed E-state index contributed by atoms with van der Waals surface area (Å²) < 4.78 is 5.14. The normalized spacial score (nSPS) is 23.1. The van der Waals surface area contributed by atoms with E-state index in [4.69, 9.17) is 4.42 Å². The fourth-order valence-corrected chi connectivity index (χ4v) is 1.30. The van der Waals surface area contributed by atoms with Crippen LogP contribution in [0.25, 0.3) is 0 Å². The summed E-state index contributed by atoms with van der Waals surface area (Å²) in [5.41, 5.74) is 0. The molecule has 62 valence electrons. The second-order valence-corrected chi connectivity index (χ2v) is 2.52. The minimum absolute atomic E-state index is 0. The van der Waals surface area contributed by atoms with E-state index >= 15 is 0 Å². The van der Waals surface area contributed by atoms with Gasteiger partial charge < -0.3 is 9.73 Å². The molecule has 0 spiro atoms. The highest BCUT2D eigenvalue weighted by Crippen LogP contribution is 2.20. The Morgan fingerprint density at radius 3 is 3.09 bits per heavy atom. The Hall–Kier alpha value is -0.350. The topological polar surface area (TPSA) is 38.1 Å². The van der Waals surface area contributed by atoms with Gasteiger partial charge in [-0.1, -0.05) is 0 Å². The smallest absolute Gasteiger partial charge is 0.211 e. The first-order valence-corrected chi connectivity index (χ1v) is 3.59. The van der Waals surface area contributed by atoms with E-state index in [0.29, 0.717) is 6.04 Å². The van der Waals surface area contributed by atoms with Crippen LogP contribution in [0.2, 0.25) is 0 Å². The number of nitrogens with zero attached hydrogens (tertiary/aromatic N) is 1. The van der Waals surface area contributed by atoms with Crippen LogP contribution in [0.5, 0.6) is 0 Å². The fourth-order valence-electron chi connectivity index (χ4n) is 1.30. The van der Waals surface area contributed by atoms with Crippen molar-refractivity contribution in [2.75, 3.05) is 6.54 Å². The minimum Gasteiger partial charge on any atom is -0.447 e. The summed E-state index contributed by atoms with van der Waals surface area (Å²) >= 11 is 0. The monoisotopic (exact) mass is 218 g/mol. The standard InChI is InChI=1S/C7H10N2O.BrH/c1-2-6(8-3-1)7-9-4-5-10-7;/h4-6,8H,1-3H2;1H. The van der Waals surface area contributed by atoms with Crippen molar-refractivity contribution in [1.82, 2.24) is 10.3 Å². The van der Waals surface area contributed by atoms with E-state index in [1.165, 1.54) is 6.42 Å². The molecule has 0 bridgehead atoms. The van der Waals surface area contributed by atoms with E-state index in [1.54, 1.807) is 12.5 Å². The molecule has 1 unspecified atom stereocenters. The Kier molecular flexibility index (Phi) is 3.08. The summed E-state index contributed by atoms with van der Waals surface area (Å²) in [4.78, 5) is 4.07. The van der Waals surface area contributed by atoms with Gasteiger partial charge in [0.15, 0.2) is 0 Å². The zero-order valence-electron chi connectivity index (χ0n) is 6.12. The number of halogens is 1. The number of hydrogen-bond acceptors (Lipinski definition) is 3. The number of hydrogen-bond donors (Lipinski definition) is 1. The lowest BCUT2D eigenvalue weighted by Crippen LogP contribution is -2.12. The maximum Gasteiger partial charge on any atom is 0.211 e. The van der Waals surface area contributed by atoms with Crippen molar-refractivity contribution >= 4 is 17.0 Å². The molecule has 3 nitrogen and oxygen atoms in total. The zero-order chi connectivity index (χ0) is 6.81. The van der Waals surface area contributed by atoms with Crippen LogP contribution in [0, 0.1) is 0 Å². The molecule has 0 saturated carbocycles. The zero-order valence-corrected chi connectivity index (χ0v) is 7.83. The highest BCUT2D eigenvalue weighted by atomic mass is 79.9. The lowest BCUT2D eigenvalue weighted by Gasteiger charge is -2.02. The van der Waals surface area contributed by atoms with E-state index in [9.17, 15) is 0 Å². The van der Waals surface area contributed by atoms with Gasteiger partial charge in [-0.2, -0.15) is 0 Å². The van der Waals surface area contributed by atoms with Crippen molar-refractivity contribution in [1.29, 1.82) is 0 Å². The summed E-state index contributed by atoms with van der Waals surface area (Å²) in [6, 6.07) is 0.370. The van der Waals surface area contributed by atoms with Crippen LogP contribution >= 0.6 is 17.0 Å². The first kappa shape index (κ1) is 8.74. The van der Waals surface area contributed by atoms with E-state index < -0.39 is 0 Å². The van der Waals surface area contributed by atoms with E-state index in [2.05, 4.69) is 10.3 Å². The highest BCUT2D eigenvalue weighted by Gasteiger charge is 2.19. The summed E-state index contributed by atoms with van der Waals surface area (Å²) in [6.07, 6.45) is 5.69. The maximum atomic E-state index is 5.14. The lowest BCUT2D eigenvalue weighted by atomic mass is 10.2. The molecule has 1 aliphatic rings. The minimum atomic E-state index is 0. The van der Waals surface area contributed by atoms with Crippen molar-refractivity contribution in [3.8, 4) is 0 Å². The largest absolute Gasteiger partial charge is 0.447 e. The van der Waals surface area contributed by atoms with Gasteiger partial charge in [0, 0.05) is 0 Å². The first-order valence-electron chi connectivity index (χ1n) is 3.59. The molecule has 2 rings (SSSR count). The van der Waals surface area contributed by atoms with Gasteiger partial charge in [0.05, 0.1) is 12.2 Å². The average Bonchev–Trinajstić information content (AvgIpc) is 2.59. The van der Waals surface area contributed by atoms with Crippen LogP contribution in [0.1, 0.15) is 24.8 Å². The van der Waals surface area contributed by atoms with Crippen LogP contribution in [-0.4, -0.2) is 11.5 Å². The second-order valence-electron chi connectivity index (χ2n) is 2.52. The van der Waals surface area contributed by atoms with E-state index in [-0.39, 0.29) is 17.0 Å². The summed E-state index contributed by atoms with van der Waals surface area (Å²) in [6.45, 7) is 1.09. The third kappa shape index (κ3) is 1.81. The molecule has 1 aliphatic heterocycles. The molecule has 1 fully saturated rings. The van der Waals surface area contributed by atoms with Gasteiger partial charge in [0.2, 0.25) is 5.89 Å². The van der Waals surface area contributed by atoms with Crippen molar-refractivity contribution in [2.45, 2.75) is 18.9 Å². The van der Waals surface area contributed by atoms with E-state index in [0.717, 1.165) is 18.9 Å². The van der Waals surface area contributed by atoms with Gasteiger partial charge in [0.1, 0.15) is 6.26 Å². The van der Waals surface area contributed by atoms with Gasteiger partial charge >= 0.3 is 0 Å². The first-order chi connectivity index (χ1) is 4.97. The van der Waals surface area contributed by atoms with Crippen LogP contribution in [0.15, 0.2) is 16.9 Å². The predicted molar refractivity (Wildman–Crippen MR) is 46.8 cm³/mol. The molecule has 1 saturated heterocycles. The predicted octanol–water partition coefficient (Wildman–Crippen LogP) is 1.68. The number of oxazole rings is 1. The Balaban J connectivity index is 0.000000605. The molecule has 1 aromatic rings. The highest BCUT2D eigenvalue weighted by molar-refractivity contribution is 8.93. The number of rotatable bonds is 1. The average molecular weight is 219 g/mol. The molecule has 11 heavy (non-hydrogen) atoms. The molecule has 1 aromatic heterocycles. The third-order valence-electron chi connectivity index (χ3n) is 1.81. The third-order valence-corrected chi connectivity index (χ3v) is 1.81. The Morgan fingerprint density at radius 2 is 2.55 bits per heavy atom. The van der Waals surface area contributed by atoms with Crippen LogP contribution in [0.3, 0.4) is 0 Å². The Morgan fingerprint density at radius 1 is 1.64 bits per heavy atom. The number of aromatic nitrogens is 1. The molecule has 4 heteroatoms. The van der Waals surface area contributed by atoms with Crippen molar-refractivity contribution in [2.24, 2.45) is 0 Å². The Bertz CT molecular complexity index is 194. The molecule has 0 radical (unpaired) electrons. The van der Waals surface area contributed by atoms with Crippen molar-refractivity contribution in [3.63, 3.8) is 0 Å². The number of nitrogens with one attached hydrogen (secondary N) is 1. The van der Waals surface area contributed by atoms with Gasteiger partial charge in [0.25, 0.3) is 0 Å². The summed E-state index contributed by atoms with van der Waals surface area (Å²) in [5, 5.41) is 3.30. The lowest BCUT2D eigenvalue weighted by molar-refractivity contribution is 0.429. The van der Waals surface area contributed by atoms with Gasteiger partial charge in [-0.05, 0) is 19.4 Å². The van der Waals surface area contributed by atoms with Crippen LogP contribution < -0.4 is 5.32 Å². The van der Waals surface area contributed by atoms with Crippen LogP contribution in [-0.2, 0) is 0 Å². The summed E-state index contributed by atoms with van der Waals surface area (Å²) in [5.74, 6) is 0.831.